The van der Waals surface area contributed by atoms with Gasteiger partial charge in [-0.2, -0.15) is 0 Å². The Morgan fingerprint density at radius 3 is 2.56 bits per heavy atom. The van der Waals surface area contributed by atoms with Gasteiger partial charge < -0.3 is 10.1 Å². The van der Waals surface area contributed by atoms with Crippen LogP contribution in [0.5, 0.6) is 0 Å². The van der Waals surface area contributed by atoms with E-state index < -0.39 is 11.7 Å². The van der Waals surface area contributed by atoms with Crippen LogP contribution in [0, 0.1) is 6.92 Å². The van der Waals surface area contributed by atoms with Gasteiger partial charge >= 0.3 is 6.09 Å². The molecule has 5 heteroatoms. The Labute approximate surface area is 107 Å². The molecule has 18 heavy (non-hydrogen) atoms. The minimum absolute atomic E-state index is 0.120. The van der Waals surface area contributed by atoms with E-state index in [1.54, 1.807) is 45.9 Å². The van der Waals surface area contributed by atoms with Gasteiger partial charge in [-0.15, -0.1) is 0 Å². The normalized spacial score (nSPS) is 10.9. The number of ketones is 1. The number of nitrogens with zero attached hydrogens (tertiary/aromatic N) is 1. The summed E-state index contributed by atoms with van der Waals surface area (Å²) >= 11 is 0. The molecule has 98 valence electrons. The lowest BCUT2D eigenvalue weighted by atomic mass is 10.2. The molecule has 1 aromatic heterocycles. The summed E-state index contributed by atoms with van der Waals surface area (Å²) in [6.45, 7) is 6.97. The summed E-state index contributed by atoms with van der Waals surface area (Å²) in [5, 5.41) is 2.41. The van der Waals surface area contributed by atoms with Crippen molar-refractivity contribution >= 4 is 11.9 Å². The van der Waals surface area contributed by atoms with Gasteiger partial charge in [0.05, 0.1) is 6.54 Å². The Balaban J connectivity index is 2.49. The van der Waals surface area contributed by atoms with Gasteiger partial charge in [0.25, 0.3) is 0 Å². The Hall–Kier alpha value is -1.91. The number of pyridine rings is 1. The highest BCUT2D eigenvalue weighted by Gasteiger charge is 2.17. The number of hydrogen-bond donors (Lipinski definition) is 1. The maximum atomic E-state index is 11.7. The lowest BCUT2D eigenvalue weighted by Gasteiger charge is -2.19. The standard InChI is InChI=1S/C13H18N2O3/c1-9-6-5-7-10(15-9)11(16)8-14-12(17)18-13(2,3)4/h5-7H,8H2,1-4H3,(H,14,17). The van der Waals surface area contributed by atoms with E-state index in [4.69, 9.17) is 4.74 Å². The molecule has 0 aliphatic rings. The van der Waals surface area contributed by atoms with Crippen LogP contribution in [0.15, 0.2) is 18.2 Å². The molecular weight excluding hydrogens is 232 g/mol. The fourth-order valence-electron chi connectivity index (χ4n) is 1.26. The predicted octanol–water partition coefficient (Wildman–Crippen LogP) is 2.10. The number of carbonyl (C=O) groups excluding carboxylic acids is 2. The van der Waals surface area contributed by atoms with Gasteiger partial charge in [0.2, 0.25) is 0 Å². The van der Waals surface area contributed by atoms with Crippen LogP contribution >= 0.6 is 0 Å². The summed E-state index contributed by atoms with van der Waals surface area (Å²) in [6.07, 6.45) is -0.608. The number of hydrogen-bond acceptors (Lipinski definition) is 4. The highest BCUT2D eigenvalue weighted by Crippen LogP contribution is 2.06. The lowest BCUT2D eigenvalue weighted by molar-refractivity contribution is 0.0520. The van der Waals surface area contributed by atoms with Gasteiger partial charge in [-0.25, -0.2) is 9.78 Å². The number of carbonyl (C=O) groups is 2. The molecule has 0 atom stereocenters. The quantitative estimate of drug-likeness (QED) is 0.834. The fourth-order valence-corrected chi connectivity index (χ4v) is 1.26. The number of alkyl carbamates (subject to hydrolysis) is 1. The summed E-state index contributed by atoms with van der Waals surface area (Å²) in [4.78, 5) is 27.2. The molecule has 0 unspecified atom stereocenters. The number of amides is 1. The van der Waals surface area contributed by atoms with Crippen molar-refractivity contribution in [1.29, 1.82) is 0 Å². The van der Waals surface area contributed by atoms with Gasteiger partial charge in [-0.1, -0.05) is 6.07 Å². The van der Waals surface area contributed by atoms with Gasteiger partial charge in [0, 0.05) is 5.69 Å². The molecule has 0 aromatic carbocycles. The second-order valence-electron chi connectivity index (χ2n) is 4.94. The molecular formula is C13H18N2O3. The SMILES string of the molecule is Cc1cccc(C(=O)CNC(=O)OC(C)(C)C)n1. The van der Waals surface area contributed by atoms with Crippen molar-refractivity contribution in [2.75, 3.05) is 6.54 Å². The zero-order valence-electron chi connectivity index (χ0n) is 11.1. The first kappa shape index (κ1) is 14.2. The van der Waals surface area contributed by atoms with Crippen LogP contribution in [0.1, 0.15) is 37.0 Å². The van der Waals surface area contributed by atoms with Crippen LogP contribution in [0.2, 0.25) is 0 Å². The first-order chi connectivity index (χ1) is 8.28. The number of aromatic nitrogens is 1. The van der Waals surface area contributed by atoms with Crippen molar-refractivity contribution < 1.29 is 14.3 Å². The van der Waals surface area contributed by atoms with Gasteiger partial charge in [0.15, 0.2) is 5.78 Å². The van der Waals surface area contributed by atoms with Gasteiger partial charge in [-0.3, -0.25) is 4.79 Å². The van der Waals surface area contributed by atoms with Crippen LogP contribution < -0.4 is 5.32 Å². The molecule has 1 heterocycles. The number of rotatable bonds is 3. The van der Waals surface area contributed by atoms with E-state index in [-0.39, 0.29) is 12.3 Å². The van der Waals surface area contributed by atoms with E-state index in [0.717, 1.165) is 5.69 Å². The third-order valence-electron chi connectivity index (χ3n) is 1.97. The van der Waals surface area contributed by atoms with Gasteiger partial charge in [-0.05, 0) is 39.8 Å². The van der Waals surface area contributed by atoms with E-state index >= 15 is 0 Å². The zero-order valence-corrected chi connectivity index (χ0v) is 11.1. The Morgan fingerprint density at radius 1 is 1.33 bits per heavy atom. The molecule has 0 radical (unpaired) electrons. The average molecular weight is 250 g/mol. The molecule has 1 amide bonds. The first-order valence-electron chi connectivity index (χ1n) is 5.71. The molecule has 1 rings (SSSR count). The summed E-state index contributed by atoms with van der Waals surface area (Å²) < 4.78 is 5.03. The second kappa shape index (κ2) is 5.62. The second-order valence-corrected chi connectivity index (χ2v) is 4.94. The molecule has 0 saturated carbocycles. The molecule has 0 bridgehead atoms. The summed E-state index contributed by atoms with van der Waals surface area (Å²) in [6, 6.07) is 5.17. The molecule has 0 aliphatic carbocycles. The maximum Gasteiger partial charge on any atom is 0.408 e. The number of nitrogens with one attached hydrogen (secondary N) is 1. The maximum absolute atomic E-state index is 11.7. The summed E-state index contributed by atoms with van der Waals surface area (Å²) in [5.74, 6) is -0.246. The average Bonchev–Trinajstić information content (AvgIpc) is 2.23. The highest BCUT2D eigenvalue weighted by atomic mass is 16.6. The first-order valence-corrected chi connectivity index (χ1v) is 5.71. The van der Waals surface area contributed by atoms with Crippen LogP contribution in [0.3, 0.4) is 0 Å². The van der Waals surface area contributed by atoms with Crippen molar-refractivity contribution in [2.24, 2.45) is 0 Å². The van der Waals surface area contributed by atoms with Crippen molar-refractivity contribution in [3.63, 3.8) is 0 Å². The minimum atomic E-state index is -0.608. The summed E-state index contributed by atoms with van der Waals surface area (Å²) in [5.41, 5.74) is 0.526. The molecule has 0 spiro atoms. The molecule has 0 aliphatic heterocycles. The van der Waals surface area contributed by atoms with Crippen LogP contribution in [0.4, 0.5) is 4.79 Å². The fraction of sp³-hybridized carbons (Fsp3) is 0.462. The Kier molecular flexibility index (Phi) is 4.42. The van der Waals surface area contributed by atoms with Crippen molar-refractivity contribution in [1.82, 2.24) is 10.3 Å². The highest BCUT2D eigenvalue weighted by molar-refractivity contribution is 5.97. The number of Topliss-reactive ketones (excluding diaryl/α,β-unsaturated/α-hetero) is 1. The van der Waals surface area contributed by atoms with Gasteiger partial charge in [0.1, 0.15) is 11.3 Å². The third kappa shape index (κ3) is 4.95. The molecule has 0 fully saturated rings. The van der Waals surface area contributed by atoms with Crippen molar-refractivity contribution in [3.05, 3.63) is 29.6 Å². The van der Waals surface area contributed by atoms with E-state index in [1.807, 2.05) is 0 Å². The number of aryl methyl sites for hydroxylation is 1. The largest absolute Gasteiger partial charge is 0.444 e. The Bertz CT molecular complexity index is 450. The third-order valence-corrected chi connectivity index (χ3v) is 1.97. The molecule has 1 aromatic rings. The van der Waals surface area contributed by atoms with Crippen molar-refractivity contribution in [3.8, 4) is 0 Å². The van der Waals surface area contributed by atoms with Crippen LogP contribution in [-0.2, 0) is 4.74 Å². The van der Waals surface area contributed by atoms with Crippen molar-refractivity contribution in [2.45, 2.75) is 33.3 Å². The lowest BCUT2D eigenvalue weighted by Crippen LogP contribution is -2.35. The van der Waals surface area contributed by atoms with E-state index in [2.05, 4.69) is 10.3 Å². The smallest absolute Gasteiger partial charge is 0.408 e. The van der Waals surface area contributed by atoms with E-state index in [9.17, 15) is 9.59 Å². The molecule has 1 N–H and O–H groups in total. The molecule has 5 nitrogen and oxygen atoms in total. The minimum Gasteiger partial charge on any atom is -0.444 e. The monoisotopic (exact) mass is 250 g/mol. The van der Waals surface area contributed by atoms with Crippen LogP contribution in [-0.4, -0.2) is 29.0 Å². The zero-order chi connectivity index (χ0) is 13.8. The van der Waals surface area contributed by atoms with E-state index in [0.29, 0.717) is 5.69 Å². The molecule has 0 saturated heterocycles. The predicted molar refractivity (Wildman–Crippen MR) is 67.5 cm³/mol. The summed E-state index contributed by atoms with van der Waals surface area (Å²) in [7, 11) is 0. The van der Waals surface area contributed by atoms with E-state index in [1.165, 1.54) is 0 Å². The number of ether oxygens (including phenoxy) is 1. The Morgan fingerprint density at radius 2 is 2.00 bits per heavy atom. The van der Waals surface area contributed by atoms with Crippen LogP contribution in [0.25, 0.3) is 0 Å². The topological polar surface area (TPSA) is 68.3 Å².